The fraction of sp³-hybridized carbons (Fsp3) is 0.538. The number of anilines is 1. The van der Waals surface area contributed by atoms with Crippen LogP contribution < -0.4 is 15.4 Å². The first-order chi connectivity index (χ1) is 9.02. The zero-order chi connectivity index (χ0) is 14.0. The van der Waals surface area contributed by atoms with Crippen molar-refractivity contribution in [3.8, 4) is 5.75 Å². The number of piperidine rings is 1. The number of benzene rings is 1. The number of nitro groups is 1. The van der Waals surface area contributed by atoms with Crippen molar-refractivity contribution >= 4 is 11.4 Å². The molecule has 6 heteroatoms. The van der Waals surface area contributed by atoms with Crippen LogP contribution in [0.3, 0.4) is 0 Å². The van der Waals surface area contributed by atoms with Crippen molar-refractivity contribution in [1.29, 1.82) is 0 Å². The summed E-state index contributed by atoms with van der Waals surface area (Å²) in [6.45, 7) is 3.54. The lowest BCUT2D eigenvalue weighted by atomic mass is 9.94. The summed E-state index contributed by atoms with van der Waals surface area (Å²) in [6.07, 6.45) is 0.843. The Labute approximate surface area is 112 Å². The van der Waals surface area contributed by atoms with Crippen molar-refractivity contribution < 1.29 is 9.66 Å². The van der Waals surface area contributed by atoms with Crippen molar-refractivity contribution in [3.05, 3.63) is 28.3 Å². The molecular formula is C13H19N3O3. The molecule has 1 heterocycles. The second kappa shape index (κ2) is 5.44. The quantitative estimate of drug-likeness (QED) is 0.665. The molecule has 0 aliphatic carbocycles. The largest absolute Gasteiger partial charge is 0.497 e. The minimum Gasteiger partial charge on any atom is -0.497 e. The predicted molar refractivity (Wildman–Crippen MR) is 73.6 cm³/mol. The standard InChI is InChI=1S/C13H19N3O3/c1-9-8-15(6-5-11(9)14)13-7-10(19-2)3-4-12(13)16(17)18/h3-4,7,9,11H,5-6,8,14H2,1-2H3. The molecular weight excluding hydrogens is 246 g/mol. The van der Waals surface area contributed by atoms with Gasteiger partial charge in [0.25, 0.3) is 5.69 Å². The molecule has 0 aromatic heterocycles. The number of hydrogen-bond donors (Lipinski definition) is 1. The van der Waals surface area contributed by atoms with Gasteiger partial charge in [0.15, 0.2) is 0 Å². The second-order valence-corrected chi connectivity index (χ2v) is 4.99. The summed E-state index contributed by atoms with van der Waals surface area (Å²) in [4.78, 5) is 12.8. The highest BCUT2D eigenvalue weighted by Crippen LogP contribution is 2.34. The zero-order valence-corrected chi connectivity index (χ0v) is 11.2. The molecule has 2 unspecified atom stereocenters. The molecule has 0 spiro atoms. The fourth-order valence-electron chi connectivity index (χ4n) is 2.42. The van der Waals surface area contributed by atoms with Gasteiger partial charge in [0, 0.05) is 31.3 Å². The first-order valence-corrected chi connectivity index (χ1v) is 6.36. The maximum absolute atomic E-state index is 11.1. The molecule has 2 rings (SSSR count). The van der Waals surface area contributed by atoms with E-state index in [9.17, 15) is 10.1 Å². The molecule has 0 amide bonds. The lowest BCUT2D eigenvalue weighted by Crippen LogP contribution is -2.46. The van der Waals surface area contributed by atoms with Crippen molar-refractivity contribution in [1.82, 2.24) is 0 Å². The highest BCUT2D eigenvalue weighted by atomic mass is 16.6. The Morgan fingerprint density at radius 3 is 2.84 bits per heavy atom. The van der Waals surface area contributed by atoms with Gasteiger partial charge in [-0.2, -0.15) is 0 Å². The van der Waals surface area contributed by atoms with Crippen LogP contribution in [0.25, 0.3) is 0 Å². The van der Waals surface area contributed by atoms with Gasteiger partial charge in [-0.25, -0.2) is 0 Å². The van der Waals surface area contributed by atoms with Crippen LogP contribution in [0.2, 0.25) is 0 Å². The third-order valence-electron chi connectivity index (χ3n) is 3.69. The van der Waals surface area contributed by atoms with E-state index in [2.05, 4.69) is 6.92 Å². The smallest absolute Gasteiger partial charge is 0.292 e. The molecule has 6 nitrogen and oxygen atoms in total. The molecule has 2 atom stereocenters. The average molecular weight is 265 g/mol. The number of ether oxygens (including phenoxy) is 1. The molecule has 2 N–H and O–H groups in total. The molecule has 1 aliphatic heterocycles. The van der Waals surface area contributed by atoms with Crippen LogP contribution in [0.4, 0.5) is 11.4 Å². The summed E-state index contributed by atoms with van der Waals surface area (Å²) in [5.41, 5.74) is 6.72. The van der Waals surface area contributed by atoms with Gasteiger partial charge < -0.3 is 15.4 Å². The van der Waals surface area contributed by atoms with Crippen LogP contribution in [0.15, 0.2) is 18.2 Å². The van der Waals surface area contributed by atoms with Crippen molar-refractivity contribution in [2.24, 2.45) is 11.7 Å². The number of rotatable bonds is 3. The zero-order valence-electron chi connectivity index (χ0n) is 11.2. The number of nitrogens with zero attached hydrogens (tertiary/aromatic N) is 2. The second-order valence-electron chi connectivity index (χ2n) is 4.99. The van der Waals surface area contributed by atoms with Gasteiger partial charge in [0.1, 0.15) is 11.4 Å². The van der Waals surface area contributed by atoms with Crippen LogP contribution in [0, 0.1) is 16.0 Å². The van der Waals surface area contributed by atoms with Crippen LogP contribution >= 0.6 is 0 Å². The Bertz CT molecular complexity index is 478. The minimum absolute atomic E-state index is 0.114. The maximum atomic E-state index is 11.1. The Morgan fingerprint density at radius 1 is 1.53 bits per heavy atom. The molecule has 1 aromatic carbocycles. The summed E-state index contributed by atoms with van der Waals surface area (Å²) in [6, 6.07) is 5.00. The van der Waals surface area contributed by atoms with Crippen LogP contribution in [-0.2, 0) is 0 Å². The SMILES string of the molecule is COc1ccc([N+](=O)[O-])c(N2CCC(N)C(C)C2)c1. The molecule has 0 saturated carbocycles. The number of nitrogens with two attached hydrogens (primary N) is 1. The third kappa shape index (κ3) is 2.78. The van der Waals surface area contributed by atoms with Gasteiger partial charge in [-0.3, -0.25) is 10.1 Å². The highest BCUT2D eigenvalue weighted by molar-refractivity contribution is 5.66. The minimum atomic E-state index is -0.353. The Hall–Kier alpha value is -1.82. The van der Waals surface area contributed by atoms with Crippen LogP contribution in [0.5, 0.6) is 5.75 Å². The number of nitro benzene ring substituents is 1. The Kier molecular flexibility index (Phi) is 3.90. The van der Waals surface area contributed by atoms with Gasteiger partial charge in [0.2, 0.25) is 0 Å². The average Bonchev–Trinajstić information content (AvgIpc) is 2.41. The molecule has 104 valence electrons. The lowest BCUT2D eigenvalue weighted by molar-refractivity contribution is -0.384. The lowest BCUT2D eigenvalue weighted by Gasteiger charge is -2.36. The first kappa shape index (κ1) is 13.6. The molecule has 1 saturated heterocycles. The predicted octanol–water partition coefficient (Wildman–Crippen LogP) is 1.78. The van der Waals surface area contributed by atoms with Gasteiger partial charge in [-0.1, -0.05) is 6.92 Å². The Morgan fingerprint density at radius 2 is 2.26 bits per heavy atom. The van der Waals surface area contributed by atoms with Crippen molar-refractivity contribution in [2.75, 3.05) is 25.1 Å². The summed E-state index contributed by atoms with van der Waals surface area (Å²) < 4.78 is 5.15. The van der Waals surface area contributed by atoms with E-state index in [0.717, 1.165) is 19.5 Å². The number of hydrogen-bond acceptors (Lipinski definition) is 5. The van der Waals surface area contributed by atoms with Crippen molar-refractivity contribution in [2.45, 2.75) is 19.4 Å². The Balaban J connectivity index is 2.34. The summed E-state index contributed by atoms with van der Waals surface area (Å²) in [5, 5.41) is 11.1. The van der Waals surface area contributed by atoms with E-state index in [1.807, 2.05) is 4.90 Å². The van der Waals surface area contributed by atoms with Gasteiger partial charge >= 0.3 is 0 Å². The van der Waals surface area contributed by atoms with E-state index in [4.69, 9.17) is 10.5 Å². The van der Waals surface area contributed by atoms with E-state index >= 15 is 0 Å². The van der Waals surface area contributed by atoms with Crippen LogP contribution in [0.1, 0.15) is 13.3 Å². The normalized spacial score (nSPS) is 23.2. The molecule has 0 bridgehead atoms. The molecule has 1 fully saturated rings. The van der Waals surface area contributed by atoms with Gasteiger partial charge in [0.05, 0.1) is 12.0 Å². The molecule has 1 aliphatic rings. The van der Waals surface area contributed by atoms with E-state index in [0.29, 0.717) is 17.4 Å². The van der Waals surface area contributed by atoms with E-state index < -0.39 is 0 Å². The third-order valence-corrected chi connectivity index (χ3v) is 3.69. The topological polar surface area (TPSA) is 81.6 Å². The maximum Gasteiger partial charge on any atom is 0.292 e. The fourth-order valence-corrected chi connectivity index (χ4v) is 2.42. The first-order valence-electron chi connectivity index (χ1n) is 6.36. The summed E-state index contributed by atoms with van der Waals surface area (Å²) in [7, 11) is 1.56. The van der Waals surface area contributed by atoms with Crippen LogP contribution in [-0.4, -0.2) is 31.2 Å². The molecule has 19 heavy (non-hydrogen) atoms. The highest BCUT2D eigenvalue weighted by Gasteiger charge is 2.27. The van der Waals surface area contributed by atoms with Crippen molar-refractivity contribution in [3.63, 3.8) is 0 Å². The van der Waals surface area contributed by atoms with E-state index in [-0.39, 0.29) is 16.7 Å². The van der Waals surface area contributed by atoms with Gasteiger partial charge in [-0.15, -0.1) is 0 Å². The summed E-state index contributed by atoms with van der Waals surface area (Å²) in [5.74, 6) is 0.947. The van der Waals surface area contributed by atoms with E-state index in [1.54, 1.807) is 19.2 Å². The summed E-state index contributed by atoms with van der Waals surface area (Å²) >= 11 is 0. The molecule has 1 aromatic rings. The monoisotopic (exact) mass is 265 g/mol. The van der Waals surface area contributed by atoms with Gasteiger partial charge in [-0.05, 0) is 18.4 Å². The van der Waals surface area contributed by atoms with E-state index in [1.165, 1.54) is 6.07 Å². The molecule has 0 radical (unpaired) electrons. The number of methoxy groups -OCH3 is 1.